The maximum absolute atomic E-state index is 12.2. The molecule has 0 saturated heterocycles. The molecule has 2 aromatic heterocycles. The van der Waals surface area contributed by atoms with Gasteiger partial charge < -0.3 is 5.32 Å². The molecule has 3 aromatic rings. The zero-order valence-corrected chi connectivity index (χ0v) is 13.6. The fraction of sp³-hybridized carbons (Fsp3) is 0.188. The summed E-state index contributed by atoms with van der Waals surface area (Å²) in [5.74, 6) is -0.201. The van der Waals surface area contributed by atoms with Crippen LogP contribution in [-0.2, 0) is 13.6 Å². The zero-order valence-electron chi connectivity index (χ0n) is 12.8. The minimum Gasteiger partial charge on any atom is -0.319 e. The van der Waals surface area contributed by atoms with Gasteiger partial charge in [-0.2, -0.15) is 10.2 Å². The van der Waals surface area contributed by atoms with E-state index in [-0.39, 0.29) is 5.91 Å². The first-order chi connectivity index (χ1) is 11.0. The van der Waals surface area contributed by atoms with Gasteiger partial charge in [0, 0.05) is 24.0 Å². The van der Waals surface area contributed by atoms with E-state index < -0.39 is 0 Å². The molecule has 3 rings (SSSR count). The van der Waals surface area contributed by atoms with Gasteiger partial charge in [0.05, 0.1) is 30.2 Å². The Balaban J connectivity index is 1.71. The van der Waals surface area contributed by atoms with Crippen LogP contribution in [0.15, 0.2) is 42.9 Å². The lowest BCUT2D eigenvalue weighted by molar-refractivity contribution is 0.102. The van der Waals surface area contributed by atoms with Crippen molar-refractivity contribution in [2.45, 2.75) is 13.5 Å². The number of amides is 1. The molecule has 0 bridgehead atoms. The fourth-order valence-electron chi connectivity index (χ4n) is 2.24. The van der Waals surface area contributed by atoms with Gasteiger partial charge in [0.25, 0.3) is 5.91 Å². The van der Waals surface area contributed by atoms with Crippen molar-refractivity contribution in [1.82, 2.24) is 19.6 Å². The Morgan fingerprint density at radius 3 is 2.74 bits per heavy atom. The Kier molecular flexibility index (Phi) is 4.16. The van der Waals surface area contributed by atoms with E-state index in [1.54, 1.807) is 35.0 Å². The minimum atomic E-state index is -0.201. The molecule has 7 heteroatoms. The molecule has 0 unspecified atom stereocenters. The second-order valence-corrected chi connectivity index (χ2v) is 5.65. The van der Waals surface area contributed by atoms with Crippen molar-refractivity contribution in [3.8, 4) is 0 Å². The van der Waals surface area contributed by atoms with Crippen LogP contribution in [0.5, 0.6) is 0 Å². The summed E-state index contributed by atoms with van der Waals surface area (Å²) < 4.78 is 3.39. The van der Waals surface area contributed by atoms with Crippen molar-refractivity contribution in [2.24, 2.45) is 7.05 Å². The van der Waals surface area contributed by atoms with Crippen LogP contribution < -0.4 is 5.32 Å². The lowest BCUT2D eigenvalue weighted by Gasteiger charge is -2.04. The van der Waals surface area contributed by atoms with E-state index in [2.05, 4.69) is 15.5 Å². The summed E-state index contributed by atoms with van der Waals surface area (Å²) in [6.07, 6.45) is 4.94. The largest absolute Gasteiger partial charge is 0.319 e. The van der Waals surface area contributed by atoms with E-state index in [1.165, 1.54) is 0 Å². The predicted octanol–water partition coefficient (Wildman–Crippen LogP) is 2.88. The average molecular weight is 330 g/mol. The molecule has 1 amide bonds. The van der Waals surface area contributed by atoms with Crippen molar-refractivity contribution < 1.29 is 4.79 Å². The van der Waals surface area contributed by atoms with Gasteiger partial charge in [-0.25, -0.2) is 0 Å². The SMILES string of the molecule is Cc1c(C(=O)Nc2cnn(Cc3ccccc3Cl)c2)cnn1C. The molecule has 118 valence electrons. The highest BCUT2D eigenvalue weighted by molar-refractivity contribution is 6.31. The predicted molar refractivity (Wildman–Crippen MR) is 88.7 cm³/mol. The van der Waals surface area contributed by atoms with E-state index in [1.807, 2.05) is 31.2 Å². The number of hydrogen-bond acceptors (Lipinski definition) is 3. The number of rotatable bonds is 4. The average Bonchev–Trinajstić information content (AvgIpc) is 3.09. The van der Waals surface area contributed by atoms with Gasteiger partial charge in [-0.1, -0.05) is 29.8 Å². The number of anilines is 1. The van der Waals surface area contributed by atoms with Crippen molar-refractivity contribution in [1.29, 1.82) is 0 Å². The number of hydrogen-bond donors (Lipinski definition) is 1. The van der Waals surface area contributed by atoms with Crippen LogP contribution in [0.1, 0.15) is 21.6 Å². The van der Waals surface area contributed by atoms with Gasteiger partial charge in [0.1, 0.15) is 0 Å². The summed E-state index contributed by atoms with van der Waals surface area (Å²) in [5.41, 5.74) is 2.96. The maximum Gasteiger partial charge on any atom is 0.259 e. The van der Waals surface area contributed by atoms with Gasteiger partial charge in [-0.15, -0.1) is 0 Å². The molecule has 1 aromatic carbocycles. The van der Waals surface area contributed by atoms with Gasteiger partial charge >= 0.3 is 0 Å². The fourth-order valence-corrected chi connectivity index (χ4v) is 2.43. The lowest BCUT2D eigenvalue weighted by atomic mass is 10.2. The Hall–Kier alpha value is -2.60. The molecule has 0 aliphatic heterocycles. The molecule has 0 fully saturated rings. The van der Waals surface area contributed by atoms with Crippen LogP contribution in [0.25, 0.3) is 0 Å². The van der Waals surface area contributed by atoms with Crippen LogP contribution in [-0.4, -0.2) is 25.5 Å². The third-order valence-corrected chi connectivity index (χ3v) is 4.03. The molecule has 0 aliphatic carbocycles. The van der Waals surface area contributed by atoms with Gasteiger partial charge in [0.15, 0.2) is 0 Å². The molecule has 6 nitrogen and oxygen atoms in total. The first-order valence-corrected chi connectivity index (χ1v) is 7.48. The number of halogens is 1. The Bertz CT molecular complexity index is 852. The normalized spacial score (nSPS) is 10.7. The molecule has 2 heterocycles. The van der Waals surface area contributed by atoms with Gasteiger partial charge in [-0.3, -0.25) is 14.2 Å². The highest BCUT2D eigenvalue weighted by Crippen LogP contribution is 2.17. The molecular formula is C16H16ClN5O. The Morgan fingerprint density at radius 2 is 2.04 bits per heavy atom. The van der Waals surface area contributed by atoms with Crippen LogP contribution in [0.3, 0.4) is 0 Å². The molecule has 23 heavy (non-hydrogen) atoms. The minimum absolute atomic E-state index is 0.201. The summed E-state index contributed by atoms with van der Waals surface area (Å²) in [4.78, 5) is 12.2. The number of carbonyl (C=O) groups excluding carboxylic acids is 1. The van der Waals surface area contributed by atoms with Crippen molar-refractivity contribution >= 4 is 23.2 Å². The monoisotopic (exact) mass is 329 g/mol. The van der Waals surface area contributed by atoms with E-state index in [0.29, 0.717) is 22.8 Å². The van der Waals surface area contributed by atoms with Crippen LogP contribution >= 0.6 is 11.6 Å². The third kappa shape index (κ3) is 3.27. The van der Waals surface area contributed by atoms with Crippen molar-refractivity contribution in [3.63, 3.8) is 0 Å². The summed E-state index contributed by atoms with van der Waals surface area (Å²) in [6.45, 7) is 2.39. The Labute approximate surface area is 138 Å². The summed E-state index contributed by atoms with van der Waals surface area (Å²) >= 11 is 6.14. The molecule has 1 N–H and O–H groups in total. The van der Waals surface area contributed by atoms with Crippen molar-refractivity contribution in [3.05, 3.63) is 64.7 Å². The van der Waals surface area contributed by atoms with E-state index in [9.17, 15) is 4.79 Å². The standard InChI is InChI=1S/C16H16ClN5O/c1-11-14(8-18-21(11)2)16(23)20-13-7-19-22(10-13)9-12-5-3-4-6-15(12)17/h3-8,10H,9H2,1-2H3,(H,20,23). The Morgan fingerprint density at radius 1 is 1.26 bits per heavy atom. The molecular weight excluding hydrogens is 314 g/mol. The van der Waals surface area contributed by atoms with Gasteiger partial charge in [0.2, 0.25) is 0 Å². The van der Waals surface area contributed by atoms with Crippen molar-refractivity contribution in [2.75, 3.05) is 5.32 Å². The van der Waals surface area contributed by atoms with Crippen LogP contribution in [0, 0.1) is 6.92 Å². The summed E-state index contributed by atoms with van der Waals surface area (Å²) in [6, 6.07) is 7.60. The maximum atomic E-state index is 12.2. The molecule has 0 aliphatic rings. The van der Waals surface area contributed by atoms with E-state index in [0.717, 1.165) is 11.3 Å². The zero-order chi connectivity index (χ0) is 16.4. The molecule has 0 atom stereocenters. The van der Waals surface area contributed by atoms with E-state index >= 15 is 0 Å². The summed E-state index contributed by atoms with van der Waals surface area (Å²) in [5, 5.41) is 11.8. The first kappa shape index (κ1) is 15.3. The topological polar surface area (TPSA) is 64.7 Å². The number of carbonyl (C=O) groups is 1. The first-order valence-electron chi connectivity index (χ1n) is 7.10. The number of aromatic nitrogens is 4. The molecule has 0 radical (unpaired) electrons. The van der Waals surface area contributed by atoms with Crippen LogP contribution in [0.4, 0.5) is 5.69 Å². The van der Waals surface area contributed by atoms with Crippen LogP contribution in [0.2, 0.25) is 5.02 Å². The smallest absolute Gasteiger partial charge is 0.259 e. The van der Waals surface area contributed by atoms with Gasteiger partial charge in [-0.05, 0) is 18.6 Å². The van der Waals surface area contributed by atoms with E-state index in [4.69, 9.17) is 11.6 Å². The highest BCUT2D eigenvalue weighted by atomic mass is 35.5. The quantitative estimate of drug-likeness (QED) is 0.800. The highest BCUT2D eigenvalue weighted by Gasteiger charge is 2.13. The number of nitrogens with one attached hydrogen (secondary N) is 1. The molecule has 0 spiro atoms. The second-order valence-electron chi connectivity index (χ2n) is 5.24. The summed E-state index contributed by atoms with van der Waals surface area (Å²) in [7, 11) is 1.80. The second kappa shape index (κ2) is 6.26. The molecule has 0 saturated carbocycles. The lowest BCUT2D eigenvalue weighted by Crippen LogP contribution is -2.12. The third-order valence-electron chi connectivity index (χ3n) is 3.66. The number of benzene rings is 1. The number of aryl methyl sites for hydroxylation is 1. The number of nitrogens with zero attached hydrogens (tertiary/aromatic N) is 4.